The van der Waals surface area contributed by atoms with E-state index in [1.807, 2.05) is 30.3 Å². The van der Waals surface area contributed by atoms with Crippen LogP contribution in [0, 0.1) is 5.92 Å². The standard InChI is InChI=1S/C16H25N3O/c1-13-6-5-9-19(12-13)16(17)18-11-15(20)10-14-7-3-2-4-8-14/h2-4,7-8,13,15,20H,5-6,9-12H2,1H3,(H2,17,18). The molecule has 0 spiro atoms. The SMILES string of the molecule is CC1CCCN(C(N)=NCC(O)Cc2ccccc2)C1. The van der Waals surface area contributed by atoms with Crippen molar-refractivity contribution in [3.8, 4) is 0 Å². The van der Waals surface area contributed by atoms with Crippen LogP contribution in [0.3, 0.4) is 0 Å². The zero-order chi connectivity index (χ0) is 14.4. The highest BCUT2D eigenvalue weighted by Gasteiger charge is 2.17. The summed E-state index contributed by atoms with van der Waals surface area (Å²) in [6.45, 7) is 4.56. The van der Waals surface area contributed by atoms with Crippen LogP contribution in [-0.2, 0) is 6.42 Å². The smallest absolute Gasteiger partial charge is 0.191 e. The van der Waals surface area contributed by atoms with E-state index in [9.17, 15) is 5.11 Å². The molecule has 0 aliphatic carbocycles. The van der Waals surface area contributed by atoms with Crippen molar-refractivity contribution in [3.05, 3.63) is 35.9 Å². The van der Waals surface area contributed by atoms with E-state index in [1.54, 1.807) is 0 Å². The number of likely N-dealkylation sites (tertiary alicyclic amines) is 1. The van der Waals surface area contributed by atoms with Gasteiger partial charge in [0, 0.05) is 19.5 Å². The minimum atomic E-state index is -0.474. The quantitative estimate of drug-likeness (QED) is 0.648. The summed E-state index contributed by atoms with van der Waals surface area (Å²) in [7, 11) is 0. The van der Waals surface area contributed by atoms with Crippen molar-refractivity contribution in [2.24, 2.45) is 16.6 Å². The Balaban J connectivity index is 1.82. The fourth-order valence-electron chi connectivity index (χ4n) is 2.65. The molecule has 2 atom stereocenters. The van der Waals surface area contributed by atoms with Gasteiger partial charge in [0.1, 0.15) is 0 Å². The molecule has 20 heavy (non-hydrogen) atoms. The Labute approximate surface area is 121 Å². The van der Waals surface area contributed by atoms with Crippen LogP contribution in [0.2, 0.25) is 0 Å². The number of hydrogen-bond donors (Lipinski definition) is 2. The lowest BCUT2D eigenvalue weighted by Crippen LogP contribution is -2.43. The van der Waals surface area contributed by atoms with Gasteiger partial charge in [-0.05, 0) is 24.3 Å². The fourth-order valence-corrected chi connectivity index (χ4v) is 2.65. The van der Waals surface area contributed by atoms with E-state index in [1.165, 1.54) is 12.8 Å². The van der Waals surface area contributed by atoms with Crippen LogP contribution in [-0.4, -0.2) is 41.7 Å². The van der Waals surface area contributed by atoms with Gasteiger partial charge in [0.05, 0.1) is 12.6 Å². The molecule has 1 saturated heterocycles. The number of piperidine rings is 1. The highest BCUT2D eigenvalue weighted by molar-refractivity contribution is 5.78. The molecule has 2 unspecified atom stereocenters. The molecule has 1 aliphatic rings. The number of nitrogens with zero attached hydrogens (tertiary/aromatic N) is 2. The first-order valence-electron chi connectivity index (χ1n) is 7.42. The van der Waals surface area contributed by atoms with Gasteiger partial charge in [-0.1, -0.05) is 37.3 Å². The molecule has 4 heteroatoms. The summed E-state index contributed by atoms with van der Waals surface area (Å²) in [5, 5.41) is 10.0. The lowest BCUT2D eigenvalue weighted by molar-refractivity contribution is 0.183. The maximum atomic E-state index is 10.0. The molecule has 4 nitrogen and oxygen atoms in total. The Morgan fingerprint density at radius 3 is 2.90 bits per heavy atom. The summed E-state index contributed by atoms with van der Waals surface area (Å²) < 4.78 is 0. The van der Waals surface area contributed by atoms with Crippen LogP contribution in [0.15, 0.2) is 35.3 Å². The van der Waals surface area contributed by atoms with Gasteiger partial charge < -0.3 is 15.7 Å². The van der Waals surface area contributed by atoms with Crippen LogP contribution in [0.4, 0.5) is 0 Å². The number of aliphatic imine (C=N–C) groups is 1. The van der Waals surface area contributed by atoms with Gasteiger partial charge in [-0.2, -0.15) is 0 Å². The molecule has 0 radical (unpaired) electrons. The molecule has 1 aliphatic heterocycles. The van der Waals surface area contributed by atoms with E-state index >= 15 is 0 Å². The summed E-state index contributed by atoms with van der Waals surface area (Å²) >= 11 is 0. The van der Waals surface area contributed by atoms with Gasteiger partial charge in [-0.15, -0.1) is 0 Å². The van der Waals surface area contributed by atoms with Crippen molar-refractivity contribution in [1.82, 2.24) is 4.90 Å². The average molecular weight is 275 g/mol. The van der Waals surface area contributed by atoms with E-state index in [2.05, 4.69) is 16.8 Å². The molecular weight excluding hydrogens is 250 g/mol. The minimum Gasteiger partial charge on any atom is -0.391 e. The second-order valence-electron chi connectivity index (χ2n) is 5.74. The largest absolute Gasteiger partial charge is 0.391 e. The zero-order valence-electron chi connectivity index (χ0n) is 12.2. The van der Waals surface area contributed by atoms with Gasteiger partial charge in [-0.25, -0.2) is 0 Å². The van der Waals surface area contributed by atoms with Crippen molar-refractivity contribution in [2.75, 3.05) is 19.6 Å². The number of rotatable bonds is 4. The first-order chi connectivity index (χ1) is 9.65. The van der Waals surface area contributed by atoms with Gasteiger partial charge >= 0.3 is 0 Å². The molecule has 0 amide bonds. The maximum absolute atomic E-state index is 10.0. The highest BCUT2D eigenvalue weighted by Crippen LogP contribution is 2.14. The maximum Gasteiger partial charge on any atom is 0.191 e. The lowest BCUT2D eigenvalue weighted by Gasteiger charge is -2.31. The Kier molecular flexibility index (Phi) is 5.41. The predicted molar refractivity (Wildman–Crippen MR) is 82.6 cm³/mol. The first-order valence-corrected chi connectivity index (χ1v) is 7.42. The topological polar surface area (TPSA) is 61.8 Å². The summed E-state index contributed by atoms with van der Waals surface area (Å²) in [6.07, 6.45) is 2.58. The van der Waals surface area contributed by atoms with Gasteiger partial charge in [0.25, 0.3) is 0 Å². The van der Waals surface area contributed by atoms with E-state index in [0.29, 0.717) is 24.8 Å². The monoisotopic (exact) mass is 275 g/mol. The highest BCUT2D eigenvalue weighted by atomic mass is 16.3. The third-order valence-corrected chi connectivity index (χ3v) is 3.76. The number of benzene rings is 1. The van der Waals surface area contributed by atoms with Crippen LogP contribution in [0.25, 0.3) is 0 Å². The van der Waals surface area contributed by atoms with Crippen molar-refractivity contribution >= 4 is 5.96 Å². The lowest BCUT2D eigenvalue weighted by atomic mass is 10.0. The third-order valence-electron chi connectivity index (χ3n) is 3.76. The van der Waals surface area contributed by atoms with E-state index in [-0.39, 0.29) is 0 Å². The summed E-state index contributed by atoms with van der Waals surface area (Å²) in [5.41, 5.74) is 7.14. The third kappa shape index (κ3) is 4.53. The van der Waals surface area contributed by atoms with Crippen molar-refractivity contribution < 1.29 is 5.11 Å². The molecule has 1 aromatic carbocycles. The molecule has 110 valence electrons. The van der Waals surface area contributed by atoms with Crippen LogP contribution in [0.1, 0.15) is 25.3 Å². The number of aliphatic hydroxyl groups is 1. The summed E-state index contributed by atoms with van der Waals surface area (Å²) in [6, 6.07) is 9.97. The predicted octanol–water partition coefficient (Wildman–Crippen LogP) is 1.64. The van der Waals surface area contributed by atoms with Crippen LogP contribution in [0.5, 0.6) is 0 Å². The average Bonchev–Trinajstić information content (AvgIpc) is 2.46. The molecule has 1 aromatic rings. The second kappa shape index (κ2) is 7.29. The number of nitrogens with two attached hydrogens (primary N) is 1. The number of guanidine groups is 1. The molecule has 1 fully saturated rings. The Morgan fingerprint density at radius 1 is 1.45 bits per heavy atom. The van der Waals surface area contributed by atoms with Crippen molar-refractivity contribution in [2.45, 2.75) is 32.3 Å². The Morgan fingerprint density at radius 2 is 2.20 bits per heavy atom. The molecule has 0 bridgehead atoms. The first kappa shape index (κ1) is 14.9. The summed E-state index contributed by atoms with van der Waals surface area (Å²) in [4.78, 5) is 6.48. The summed E-state index contributed by atoms with van der Waals surface area (Å²) in [5.74, 6) is 1.25. The van der Waals surface area contributed by atoms with Gasteiger partial charge in [-0.3, -0.25) is 4.99 Å². The normalized spacial score (nSPS) is 21.8. The molecule has 3 N–H and O–H groups in total. The van der Waals surface area contributed by atoms with E-state index < -0.39 is 6.10 Å². The molecule has 1 heterocycles. The molecule has 0 saturated carbocycles. The van der Waals surface area contributed by atoms with E-state index in [0.717, 1.165) is 18.7 Å². The Bertz CT molecular complexity index is 433. The van der Waals surface area contributed by atoms with Crippen LogP contribution >= 0.6 is 0 Å². The Hall–Kier alpha value is -1.55. The van der Waals surface area contributed by atoms with E-state index in [4.69, 9.17) is 5.73 Å². The van der Waals surface area contributed by atoms with Crippen LogP contribution < -0.4 is 5.73 Å². The van der Waals surface area contributed by atoms with Crippen molar-refractivity contribution in [1.29, 1.82) is 0 Å². The second-order valence-corrected chi connectivity index (χ2v) is 5.74. The van der Waals surface area contributed by atoms with Gasteiger partial charge in [0.15, 0.2) is 5.96 Å². The molecular formula is C16H25N3O. The molecule has 2 rings (SSSR count). The van der Waals surface area contributed by atoms with Gasteiger partial charge in [0.2, 0.25) is 0 Å². The zero-order valence-corrected chi connectivity index (χ0v) is 12.2. The minimum absolute atomic E-state index is 0.367. The fraction of sp³-hybridized carbons (Fsp3) is 0.562. The molecule has 0 aromatic heterocycles. The van der Waals surface area contributed by atoms with Crippen molar-refractivity contribution in [3.63, 3.8) is 0 Å². The number of aliphatic hydroxyl groups excluding tert-OH is 1. The number of hydrogen-bond acceptors (Lipinski definition) is 2.